The first-order valence-corrected chi connectivity index (χ1v) is 8.42. The Morgan fingerprint density at radius 3 is 2.62 bits per heavy atom. The Labute approximate surface area is 150 Å². The number of rotatable bonds is 4. The number of ether oxygens (including phenoxy) is 2. The van der Waals surface area contributed by atoms with Gasteiger partial charge in [0.05, 0.1) is 18.4 Å². The molecule has 4 rings (SSSR count). The predicted octanol–water partition coefficient (Wildman–Crippen LogP) is 3.61. The van der Waals surface area contributed by atoms with Crippen molar-refractivity contribution in [2.75, 3.05) is 7.11 Å². The van der Waals surface area contributed by atoms with Crippen molar-refractivity contribution in [2.45, 2.75) is 19.3 Å². The monoisotopic (exact) mass is 347 g/mol. The molecule has 26 heavy (non-hydrogen) atoms. The number of nitrogens with zero attached hydrogens (tertiary/aromatic N) is 3. The fourth-order valence-electron chi connectivity index (χ4n) is 2.98. The number of hydrogen-bond acceptors (Lipinski definition) is 6. The first kappa shape index (κ1) is 16.2. The van der Waals surface area contributed by atoms with Crippen molar-refractivity contribution in [3.8, 4) is 23.1 Å². The van der Waals surface area contributed by atoms with Gasteiger partial charge in [-0.15, -0.1) is 0 Å². The molecule has 0 unspecified atom stereocenters. The van der Waals surface area contributed by atoms with E-state index in [1.165, 1.54) is 7.11 Å². The Morgan fingerprint density at radius 2 is 1.88 bits per heavy atom. The van der Waals surface area contributed by atoms with E-state index < -0.39 is 0 Å². The van der Waals surface area contributed by atoms with Crippen molar-refractivity contribution in [3.05, 3.63) is 65.5 Å². The molecule has 2 heterocycles. The minimum absolute atomic E-state index is 0.378. The van der Waals surface area contributed by atoms with E-state index in [1.54, 1.807) is 30.5 Å². The third-order valence-electron chi connectivity index (χ3n) is 4.28. The van der Waals surface area contributed by atoms with Crippen molar-refractivity contribution < 1.29 is 14.3 Å². The molecule has 0 amide bonds. The highest BCUT2D eigenvalue weighted by atomic mass is 16.5. The van der Waals surface area contributed by atoms with Gasteiger partial charge in [-0.3, -0.25) is 4.98 Å². The second kappa shape index (κ2) is 6.92. The number of carbonyl (C=O) groups is 1. The van der Waals surface area contributed by atoms with Crippen LogP contribution in [0.3, 0.4) is 0 Å². The number of hydrogen-bond donors (Lipinski definition) is 0. The number of carbonyl (C=O) groups excluding carboxylic acids is 1. The number of pyridine rings is 1. The topological polar surface area (TPSA) is 74.2 Å². The zero-order valence-electron chi connectivity index (χ0n) is 14.3. The summed E-state index contributed by atoms with van der Waals surface area (Å²) in [5.74, 6) is 1.35. The van der Waals surface area contributed by atoms with Crippen LogP contribution in [0.15, 0.2) is 48.7 Å². The molecule has 0 aliphatic heterocycles. The van der Waals surface area contributed by atoms with E-state index in [2.05, 4.69) is 15.0 Å². The van der Waals surface area contributed by atoms with Crippen molar-refractivity contribution >= 4 is 5.97 Å². The van der Waals surface area contributed by atoms with E-state index in [0.717, 1.165) is 30.5 Å². The van der Waals surface area contributed by atoms with Crippen LogP contribution >= 0.6 is 0 Å². The number of methoxy groups -OCH3 is 1. The summed E-state index contributed by atoms with van der Waals surface area (Å²) in [6, 6.07) is 12.4. The summed E-state index contributed by atoms with van der Waals surface area (Å²) in [5, 5.41) is 0. The molecule has 1 aliphatic carbocycles. The molecule has 0 saturated carbocycles. The van der Waals surface area contributed by atoms with Crippen LogP contribution < -0.4 is 4.74 Å². The minimum atomic E-state index is -0.378. The first-order valence-electron chi connectivity index (χ1n) is 8.42. The maximum Gasteiger partial charge on any atom is 0.337 e. The predicted molar refractivity (Wildman–Crippen MR) is 95.1 cm³/mol. The number of esters is 1. The molecule has 0 saturated heterocycles. The van der Waals surface area contributed by atoms with Gasteiger partial charge in [0.25, 0.3) is 0 Å². The lowest BCUT2D eigenvalue weighted by Gasteiger charge is -2.11. The fourth-order valence-corrected chi connectivity index (χ4v) is 2.98. The van der Waals surface area contributed by atoms with Crippen molar-refractivity contribution in [2.24, 2.45) is 0 Å². The summed E-state index contributed by atoms with van der Waals surface area (Å²) in [5.41, 5.74) is 3.25. The van der Waals surface area contributed by atoms with Gasteiger partial charge in [0, 0.05) is 11.8 Å². The second-order valence-electron chi connectivity index (χ2n) is 5.96. The van der Waals surface area contributed by atoms with Gasteiger partial charge in [0.2, 0.25) is 5.88 Å². The Balaban J connectivity index is 1.68. The molecular weight excluding hydrogens is 330 g/mol. The van der Waals surface area contributed by atoms with E-state index >= 15 is 0 Å². The summed E-state index contributed by atoms with van der Waals surface area (Å²) >= 11 is 0. The van der Waals surface area contributed by atoms with E-state index in [-0.39, 0.29) is 5.97 Å². The Morgan fingerprint density at radius 1 is 1.04 bits per heavy atom. The maximum atomic E-state index is 11.5. The molecule has 0 bridgehead atoms. The van der Waals surface area contributed by atoms with E-state index in [9.17, 15) is 4.79 Å². The SMILES string of the molecule is COC(=O)c1ccc(Oc2nc(-c3ccccn3)nc3c2CCC3)cc1. The second-order valence-corrected chi connectivity index (χ2v) is 5.96. The number of aryl methyl sites for hydroxylation is 1. The number of fused-ring (bicyclic) bond motifs is 1. The van der Waals surface area contributed by atoms with Gasteiger partial charge in [-0.25, -0.2) is 9.78 Å². The molecule has 0 atom stereocenters. The van der Waals surface area contributed by atoms with E-state index in [0.29, 0.717) is 28.7 Å². The largest absolute Gasteiger partial charge is 0.465 e. The summed E-state index contributed by atoms with van der Waals surface area (Å²) < 4.78 is 10.7. The van der Waals surface area contributed by atoms with Crippen LogP contribution in [0.5, 0.6) is 11.6 Å². The fraction of sp³-hybridized carbons (Fsp3) is 0.200. The van der Waals surface area contributed by atoms with Crippen LogP contribution in [-0.2, 0) is 17.6 Å². The maximum absolute atomic E-state index is 11.5. The van der Waals surface area contributed by atoms with Crippen LogP contribution in [0.2, 0.25) is 0 Å². The van der Waals surface area contributed by atoms with Crippen LogP contribution in [0.4, 0.5) is 0 Å². The molecule has 2 aromatic heterocycles. The molecule has 3 aromatic rings. The van der Waals surface area contributed by atoms with Crippen LogP contribution in [0.25, 0.3) is 11.5 Å². The van der Waals surface area contributed by atoms with Crippen molar-refractivity contribution in [1.82, 2.24) is 15.0 Å². The van der Waals surface area contributed by atoms with Gasteiger partial charge >= 0.3 is 5.97 Å². The number of aromatic nitrogens is 3. The van der Waals surface area contributed by atoms with Gasteiger partial charge < -0.3 is 9.47 Å². The molecule has 0 spiro atoms. The molecule has 6 heteroatoms. The zero-order chi connectivity index (χ0) is 17.9. The van der Waals surface area contributed by atoms with Gasteiger partial charge in [0.1, 0.15) is 11.4 Å². The van der Waals surface area contributed by atoms with E-state index in [1.807, 2.05) is 18.2 Å². The van der Waals surface area contributed by atoms with Crippen molar-refractivity contribution in [1.29, 1.82) is 0 Å². The van der Waals surface area contributed by atoms with Crippen LogP contribution in [0, 0.1) is 0 Å². The average molecular weight is 347 g/mol. The third-order valence-corrected chi connectivity index (χ3v) is 4.28. The third kappa shape index (κ3) is 3.13. The summed E-state index contributed by atoms with van der Waals surface area (Å²) in [7, 11) is 1.36. The minimum Gasteiger partial charge on any atom is -0.465 e. The normalized spacial score (nSPS) is 12.5. The first-order chi connectivity index (χ1) is 12.7. The molecule has 130 valence electrons. The van der Waals surface area contributed by atoms with Crippen molar-refractivity contribution in [3.63, 3.8) is 0 Å². The Bertz CT molecular complexity index is 941. The van der Waals surface area contributed by atoms with Gasteiger partial charge in [0.15, 0.2) is 5.82 Å². The quantitative estimate of drug-likeness (QED) is 0.671. The van der Waals surface area contributed by atoms with Crippen LogP contribution in [0.1, 0.15) is 28.0 Å². The molecular formula is C20H17N3O3. The highest BCUT2D eigenvalue weighted by molar-refractivity contribution is 5.89. The standard InChI is InChI=1S/C20H17N3O3/c1-25-20(24)13-8-10-14(11-9-13)26-19-15-5-4-7-16(15)22-18(23-19)17-6-2-3-12-21-17/h2-3,6,8-12H,4-5,7H2,1H3. The molecule has 6 nitrogen and oxygen atoms in total. The molecule has 1 aromatic carbocycles. The van der Waals surface area contributed by atoms with Gasteiger partial charge in [-0.05, 0) is 55.7 Å². The van der Waals surface area contributed by atoms with Gasteiger partial charge in [-0.2, -0.15) is 4.98 Å². The highest BCUT2D eigenvalue weighted by Crippen LogP contribution is 2.33. The molecule has 1 aliphatic rings. The number of benzene rings is 1. The average Bonchev–Trinajstić information content (AvgIpc) is 3.17. The summed E-state index contributed by atoms with van der Waals surface area (Å²) in [6.07, 6.45) is 4.56. The highest BCUT2D eigenvalue weighted by Gasteiger charge is 2.22. The molecule has 0 N–H and O–H groups in total. The summed E-state index contributed by atoms with van der Waals surface area (Å²) in [6.45, 7) is 0. The summed E-state index contributed by atoms with van der Waals surface area (Å²) in [4.78, 5) is 25.1. The van der Waals surface area contributed by atoms with Gasteiger partial charge in [-0.1, -0.05) is 6.07 Å². The Kier molecular flexibility index (Phi) is 4.31. The lowest BCUT2D eigenvalue weighted by atomic mass is 10.2. The van der Waals surface area contributed by atoms with E-state index in [4.69, 9.17) is 9.47 Å². The molecule has 0 radical (unpaired) electrons. The van der Waals surface area contributed by atoms with Crippen LogP contribution in [-0.4, -0.2) is 28.0 Å². The molecule has 0 fully saturated rings. The zero-order valence-corrected chi connectivity index (χ0v) is 14.3. The lowest BCUT2D eigenvalue weighted by Crippen LogP contribution is -2.02. The Hall–Kier alpha value is -3.28. The smallest absolute Gasteiger partial charge is 0.337 e. The lowest BCUT2D eigenvalue weighted by molar-refractivity contribution is 0.0600.